The van der Waals surface area contributed by atoms with Crippen LogP contribution < -0.4 is 10.1 Å². The van der Waals surface area contributed by atoms with Crippen molar-refractivity contribution in [2.75, 3.05) is 12.9 Å². The van der Waals surface area contributed by atoms with Gasteiger partial charge in [-0.2, -0.15) is 0 Å². The van der Waals surface area contributed by atoms with Crippen LogP contribution in [0, 0.1) is 6.92 Å². The minimum absolute atomic E-state index is 0.212. The maximum Gasteiger partial charge on any atom is 0.262 e. The van der Waals surface area contributed by atoms with Crippen LogP contribution in [0.15, 0.2) is 64.0 Å². The highest BCUT2D eigenvalue weighted by Gasteiger charge is 2.12. The van der Waals surface area contributed by atoms with Gasteiger partial charge in [-0.25, -0.2) is 4.98 Å². The van der Waals surface area contributed by atoms with E-state index in [1.54, 1.807) is 0 Å². The molecule has 0 fully saturated rings. The van der Waals surface area contributed by atoms with E-state index in [4.69, 9.17) is 9.15 Å². The quantitative estimate of drug-likeness (QED) is 0.412. The van der Waals surface area contributed by atoms with Crippen molar-refractivity contribution in [2.24, 2.45) is 0 Å². The molecular formula is C24H24N2O3S2. The second kappa shape index (κ2) is 11.5. The number of thiocarbonyl (C=S) groups is 1. The zero-order valence-corrected chi connectivity index (χ0v) is 19.1. The lowest BCUT2D eigenvalue weighted by molar-refractivity contribution is -0.115. The molecule has 5 nitrogen and oxygen atoms in total. The van der Waals surface area contributed by atoms with Gasteiger partial charge in [0.15, 0.2) is 0 Å². The number of hydrogen-bond acceptors (Lipinski definition) is 6. The Kier molecular flexibility index (Phi) is 8.44. The van der Waals surface area contributed by atoms with E-state index in [0.717, 1.165) is 34.8 Å². The fraction of sp³-hybridized carbons (Fsp3) is 0.208. The van der Waals surface area contributed by atoms with Gasteiger partial charge in [-0.3, -0.25) is 4.79 Å². The van der Waals surface area contributed by atoms with Crippen LogP contribution in [0.1, 0.15) is 29.3 Å². The summed E-state index contributed by atoms with van der Waals surface area (Å²) in [7, 11) is 0. The van der Waals surface area contributed by atoms with Gasteiger partial charge in [0.1, 0.15) is 11.5 Å². The Bertz CT molecular complexity index is 1050. The Hall–Kier alpha value is -2.90. The molecule has 0 atom stereocenters. The lowest BCUT2D eigenvalue weighted by Crippen LogP contribution is -2.20. The number of benzene rings is 1. The Morgan fingerprint density at radius 1 is 1.32 bits per heavy atom. The monoisotopic (exact) mass is 452 g/mol. The van der Waals surface area contributed by atoms with E-state index in [9.17, 15) is 4.79 Å². The minimum atomic E-state index is -0.212. The van der Waals surface area contributed by atoms with Crippen molar-refractivity contribution < 1.29 is 13.9 Å². The predicted octanol–water partition coefficient (Wildman–Crippen LogP) is 5.28. The average molecular weight is 453 g/mol. The number of rotatable bonds is 9. The summed E-state index contributed by atoms with van der Waals surface area (Å²) in [6, 6.07) is 7.59. The van der Waals surface area contributed by atoms with Gasteiger partial charge in [-0.15, -0.1) is 11.8 Å². The van der Waals surface area contributed by atoms with E-state index in [-0.39, 0.29) is 5.91 Å². The predicted molar refractivity (Wildman–Crippen MR) is 131 cm³/mol. The van der Waals surface area contributed by atoms with Gasteiger partial charge in [-0.05, 0) is 49.4 Å². The number of aryl methyl sites for hydroxylation is 1. The first-order valence-corrected chi connectivity index (χ1v) is 11.5. The van der Waals surface area contributed by atoms with E-state index in [1.165, 1.54) is 17.3 Å². The molecule has 0 radical (unpaired) electrons. The third kappa shape index (κ3) is 6.54. The number of nitrogens with zero attached hydrogens (tertiary/aromatic N) is 1. The molecule has 7 heteroatoms. The van der Waals surface area contributed by atoms with Crippen LogP contribution in [0.4, 0.5) is 0 Å². The SMILES string of the molecule is CS/C(=C\c1ccc(OCCc2nc(C3=CC=CCC=C3)oc2C)cc1)C(=O)NC=S. The standard InChI is InChI=1S/C24H24N2O3S2/c1-17-21(26-24(29-17)19-7-5-3-4-6-8-19)13-14-28-20-11-9-18(10-12-20)15-22(31-2)23(27)25-16-30/h3,5-12,15-16H,4,13-14H2,1-2H3,(H,25,27,30)/b22-15-. The van der Waals surface area contributed by atoms with E-state index in [2.05, 4.69) is 34.7 Å². The highest BCUT2D eigenvalue weighted by molar-refractivity contribution is 8.03. The summed E-state index contributed by atoms with van der Waals surface area (Å²) < 4.78 is 11.7. The van der Waals surface area contributed by atoms with Crippen LogP contribution in [-0.2, 0) is 11.2 Å². The number of oxazole rings is 1. The molecule has 1 amide bonds. The molecule has 31 heavy (non-hydrogen) atoms. The van der Waals surface area contributed by atoms with Gasteiger partial charge in [0, 0.05) is 12.0 Å². The van der Waals surface area contributed by atoms with E-state index >= 15 is 0 Å². The third-order valence-electron chi connectivity index (χ3n) is 4.54. The molecule has 0 aliphatic heterocycles. The fourth-order valence-corrected chi connectivity index (χ4v) is 3.53. The van der Waals surface area contributed by atoms with Crippen LogP contribution in [0.2, 0.25) is 0 Å². The van der Waals surface area contributed by atoms with E-state index in [1.807, 2.05) is 61.7 Å². The number of nitrogens with one attached hydrogen (secondary N) is 1. The molecule has 1 aromatic heterocycles. The lowest BCUT2D eigenvalue weighted by atomic mass is 10.2. The number of carbonyl (C=O) groups excluding carboxylic acids is 1. The first-order chi connectivity index (χ1) is 15.1. The van der Waals surface area contributed by atoms with E-state index < -0.39 is 0 Å². The van der Waals surface area contributed by atoms with Crippen LogP contribution in [0.5, 0.6) is 5.75 Å². The second-order valence-electron chi connectivity index (χ2n) is 6.68. The third-order valence-corrected chi connectivity index (χ3v) is 5.40. The molecule has 1 heterocycles. The highest BCUT2D eigenvalue weighted by atomic mass is 32.2. The largest absolute Gasteiger partial charge is 0.493 e. The van der Waals surface area contributed by atoms with Gasteiger partial charge in [0.05, 0.1) is 22.7 Å². The van der Waals surface area contributed by atoms with Crippen molar-refractivity contribution in [1.82, 2.24) is 10.3 Å². The number of thioether (sulfide) groups is 1. The number of hydrogen-bond donors (Lipinski definition) is 1. The van der Waals surface area contributed by atoms with Crippen molar-refractivity contribution in [1.29, 1.82) is 0 Å². The Morgan fingerprint density at radius 3 is 2.87 bits per heavy atom. The van der Waals surface area contributed by atoms with Gasteiger partial charge < -0.3 is 14.5 Å². The minimum Gasteiger partial charge on any atom is -0.493 e. The normalized spacial score (nSPS) is 13.5. The molecule has 160 valence electrons. The topological polar surface area (TPSA) is 64.4 Å². The van der Waals surface area contributed by atoms with Crippen LogP contribution in [-0.4, -0.2) is 29.2 Å². The second-order valence-corrected chi connectivity index (χ2v) is 7.77. The van der Waals surface area contributed by atoms with Crippen molar-refractivity contribution in [3.8, 4) is 5.75 Å². The maximum absolute atomic E-state index is 11.9. The zero-order chi connectivity index (χ0) is 22.1. The molecule has 2 aromatic rings. The van der Waals surface area contributed by atoms with E-state index in [0.29, 0.717) is 23.8 Å². The number of carbonyl (C=O) groups is 1. The average Bonchev–Trinajstić information content (AvgIpc) is 2.96. The Morgan fingerprint density at radius 2 is 2.13 bits per heavy atom. The van der Waals surface area contributed by atoms with Crippen LogP contribution in [0.3, 0.4) is 0 Å². The lowest BCUT2D eigenvalue weighted by Gasteiger charge is -2.06. The number of aromatic nitrogens is 1. The summed E-state index contributed by atoms with van der Waals surface area (Å²) in [5.74, 6) is 1.98. The molecule has 0 saturated carbocycles. The molecule has 1 aliphatic carbocycles. The van der Waals surface area contributed by atoms with Crippen molar-refractivity contribution in [2.45, 2.75) is 19.8 Å². The molecule has 1 aromatic carbocycles. The summed E-state index contributed by atoms with van der Waals surface area (Å²) in [6.07, 6.45) is 15.5. The Balaban J connectivity index is 1.58. The van der Waals surface area contributed by atoms with Gasteiger partial charge >= 0.3 is 0 Å². The van der Waals surface area contributed by atoms with Crippen molar-refractivity contribution in [3.63, 3.8) is 0 Å². The van der Waals surface area contributed by atoms with Crippen LogP contribution >= 0.6 is 24.0 Å². The smallest absolute Gasteiger partial charge is 0.262 e. The molecule has 0 spiro atoms. The van der Waals surface area contributed by atoms with Crippen molar-refractivity contribution >= 4 is 47.0 Å². The molecule has 1 N–H and O–H groups in total. The first kappa shape index (κ1) is 22.8. The fourth-order valence-electron chi connectivity index (χ4n) is 2.92. The summed E-state index contributed by atoms with van der Waals surface area (Å²) in [6.45, 7) is 2.41. The van der Waals surface area contributed by atoms with Gasteiger partial charge in [-0.1, -0.05) is 48.7 Å². The zero-order valence-electron chi connectivity index (χ0n) is 17.5. The van der Waals surface area contributed by atoms with Crippen molar-refractivity contribution in [3.05, 3.63) is 82.5 Å². The number of ether oxygens (including phenoxy) is 1. The van der Waals surface area contributed by atoms with Gasteiger partial charge in [0.25, 0.3) is 5.91 Å². The molecule has 3 rings (SSSR count). The molecule has 0 bridgehead atoms. The first-order valence-electron chi connectivity index (χ1n) is 9.84. The number of amides is 1. The molecule has 1 aliphatic rings. The summed E-state index contributed by atoms with van der Waals surface area (Å²) in [4.78, 5) is 17.1. The summed E-state index contributed by atoms with van der Waals surface area (Å²) in [5.41, 5.74) is 3.99. The summed E-state index contributed by atoms with van der Waals surface area (Å²) >= 11 is 6.04. The summed E-state index contributed by atoms with van der Waals surface area (Å²) in [5, 5.41) is 2.51. The Labute approximate surface area is 192 Å². The molecule has 0 saturated heterocycles. The molecule has 0 unspecified atom stereocenters. The van der Waals surface area contributed by atoms with Gasteiger partial charge in [0.2, 0.25) is 5.89 Å². The highest BCUT2D eigenvalue weighted by Crippen LogP contribution is 2.22. The maximum atomic E-state index is 11.9. The number of allylic oxidation sites excluding steroid dienone is 6. The molecular weight excluding hydrogens is 428 g/mol. The van der Waals surface area contributed by atoms with Crippen LogP contribution in [0.25, 0.3) is 11.6 Å².